The van der Waals surface area contributed by atoms with E-state index >= 15 is 0 Å². The number of benzene rings is 1. The van der Waals surface area contributed by atoms with Crippen LogP contribution >= 0.6 is 11.6 Å². The molecule has 0 N–H and O–H groups in total. The maximum atomic E-state index is 12.7. The highest BCUT2D eigenvalue weighted by Gasteiger charge is 2.32. The summed E-state index contributed by atoms with van der Waals surface area (Å²) >= 11 is 5.88. The van der Waals surface area contributed by atoms with Crippen molar-refractivity contribution in [3.8, 4) is 0 Å². The highest BCUT2D eigenvalue weighted by molar-refractivity contribution is 6.31. The first kappa shape index (κ1) is 14.1. The van der Waals surface area contributed by atoms with E-state index in [1.165, 1.54) is 18.2 Å². The predicted molar refractivity (Wildman–Crippen MR) is 63.8 cm³/mol. The molecule has 0 spiro atoms. The quantitative estimate of drug-likeness (QED) is 0.801. The van der Waals surface area contributed by atoms with Crippen LogP contribution in [0.2, 0.25) is 0 Å². The summed E-state index contributed by atoms with van der Waals surface area (Å²) in [5, 5.41) is 0.367. The average Bonchev–Trinajstić information content (AvgIpc) is 2.15. The SMILES string of the molecule is CN(C)C/C(Cl)=C/c1ccccc1C(F)(F)F. The highest BCUT2D eigenvalue weighted by atomic mass is 35.5. The zero-order chi connectivity index (χ0) is 13.1. The Labute approximate surface area is 103 Å². The number of rotatable bonds is 3. The Morgan fingerprint density at radius 3 is 2.41 bits per heavy atom. The van der Waals surface area contributed by atoms with Gasteiger partial charge in [0.15, 0.2) is 0 Å². The van der Waals surface area contributed by atoms with Gasteiger partial charge in [-0.15, -0.1) is 0 Å². The molecule has 0 unspecified atom stereocenters. The fraction of sp³-hybridized carbons (Fsp3) is 0.333. The molecule has 0 atom stereocenters. The molecule has 0 aliphatic heterocycles. The summed E-state index contributed by atoms with van der Waals surface area (Å²) in [4.78, 5) is 1.79. The topological polar surface area (TPSA) is 3.24 Å². The van der Waals surface area contributed by atoms with Crippen LogP contribution in [-0.4, -0.2) is 25.5 Å². The third-order valence-corrected chi connectivity index (χ3v) is 2.27. The monoisotopic (exact) mass is 263 g/mol. The summed E-state index contributed by atoms with van der Waals surface area (Å²) < 4.78 is 38.0. The van der Waals surface area contributed by atoms with Crippen LogP contribution in [0.1, 0.15) is 11.1 Å². The molecular weight excluding hydrogens is 251 g/mol. The van der Waals surface area contributed by atoms with Crippen LogP contribution in [0.25, 0.3) is 6.08 Å². The van der Waals surface area contributed by atoms with Gasteiger partial charge in [-0.2, -0.15) is 13.2 Å². The number of alkyl halides is 3. The standard InChI is InChI=1S/C12H13ClF3N/c1-17(2)8-10(13)7-9-5-3-4-6-11(9)12(14,15)16/h3-7H,8H2,1-2H3/b10-7-. The zero-order valence-corrected chi connectivity index (χ0v) is 10.3. The number of nitrogens with zero attached hydrogens (tertiary/aromatic N) is 1. The van der Waals surface area contributed by atoms with Crippen molar-refractivity contribution in [3.05, 3.63) is 40.4 Å². The molecular formula is C12H13ClF3N. The Kier molecular flexibility index (Phi) is 4.60. The van der Waals surface area contributed by atoms with Crippen LogP contribution < -0.4 is 0 Å². The molecule has 0 bridgehead atoms. The predicted octanol–water partition coefficient (Wildman–Crippen LogP) is 3.85. The Hall–Kier alpha value is -1.00. The minimum absolute atomic E-state index is 0.0897. The average molecular weight is 264 g/mol. The van der Waals surface area contributed by atoms with Crippen molar-refractivity contribution in [2.24, 2.45) is 0 Å². The van der Waals surface area contributed by atoms with E-state index in [1.807, 2.05) is 0 Å². The van der Waals surface area contributed by atoms with Crippen molar-refractivity contribution in [2.75, 3.05) is 20.6 Å². The van der Waals surface area contributed by atoms with Gasteiger partial charge in [0.1, 0.15) is 0 Å². The van der Waals surface area contributed by atoms with Gasteiger partial charge < -0.3 is 4.90 Å². The number of likely N-dealkylation sites (N-methyl/N-ethyl adjacent to an activating group) is 1. The van der Waals surface area contributed by atoms with E-state index in [2.05, 4.69) is 0 Å². The van der Waals surface area contributed by atoms with Crippen LogP contribution in [0.3, 0.4) is 0 Å². The molecule has 0 heterocycles. The summed E-state index contributed by atoms with van der Waals surface area (Å²) in [6, 6.07) is 5.37. The lowest BCUT2D eigenvalue weighted by Crippen LogP contribution is -2.13. The zero-order valence-electron chi connectivity index (χ0n) is 9.55. The van der Waals surface area contributed by atoms with Gasteiger partial charge in [-0.3, -0.25) is 0 Å². The Morgan fingerprint density at radius 1 is 1.29 bits per heavy atom. The van der Waals surface area contributed by atoms with E-state index in [4.69, 9.17) is 11.6 Å². The second-order valence-electron chi connectivity index (χ2n) is 3.91. The summed E-state index contributed by atoms with van der Waals surface area (Å²) in [5.74, 6) is 0. The molecule has 0 saturated carbocycles. The molecule has 0 fully saturated rings. The van der Waals surface area contributed by atoms with Gasteiger partial charge in [0.2, 0.25) is 0 Å². The van der Waals surface area contributed by atoms with E-state index in [1.54, 1.807) is 25.1 Å². The van der Waals surface area contributed by atoms with Crippen molar-refractivity contribution in [2.45, 2.75) is 6.18 Å². The Bertz CT molecular complexity index is 410. The molecule has 0 amide bonds. The minimum atomic E-state index is -4.36. The van der Waals surface area contributed by atoms with Crippen molar-refractivity contribution in [1.29, 1.82) is 0 Å². The molecule has 1 nitrogen and oxygen atoms in total. The molecule has 1 aromatic carbocycles. The van der Waals surface area contributed by atoms with Gasteiger partial charge in [-0.05, 0) is 31.8 Å². The first-order valence-corrected chi connectivity index (χ1v) is 5.35. The van der Waals surface area contributed by atoms with Gasteiger partial charge in [0.25, 0.3) is 0 Å². The lowest BCUT2D eigenvalue weighted by Gasteiger charge is -2.12. The fourth-order valence-corrected chi connectivity index (χ4v) is 1.75. The maximum absolute atomic E-state index is 12.7. The summed E-state index contributed by atoms with van der Waals surface area (Å²) in [5.41, 5.74) is -0.580. The normalized spacial score (nSPS) is 13.2. The molecule has 0 aliphatic rings. The fourth-order valence-electron chi connectivity index (χ4n) is 1.40. The van der Waals surface area contributed by atoms with E-state index in [-0.39, 0.29) is 5.56 Å². The molecule has 0 radical (unpaired) electrons. The molecule has 1 rings (SSSR count). The van der Waals surface area contributed by atoms with Gasteiger partial charge in [-0.1, -0.05) is 29.8 Å². The first-order valence-electron chi connectivity index (χ1n) is 4.97. The smallest absolute Gasteiger partial charge is 0.304 e. The van der Waals surface area contributed by atoms with E-state index in [9.17, 15) is 13.2 Å². The molecule has 94 valence electrons. The lowest BCUT2D eigenvalue weighted by atomic mass is 10.1. The molecule has 0 saturated heterocycles. The van der Waals surface area contributed by atoms with E-state index < -0.39 is 11.7 Å². The Balaban J connectivity index is 3.07. The van der Waals surface area contributed by atoms with E-state index in [0.29, 0.717) is 11.6 Å². The van der Waals surface area contributed by atoms with Gasteiger partial charge in [0, 0.05) is 11.6 Å². The van der Waals surface area contributed by atoms with Gasteiger partial charge >= 0.3 is 6.18 Å². The van der Waals surface area contributed by atoms with Crippen LogP contribution in [0, 0.1) is 0 Å². The van der Waals surface area contributed by atoms with Crippen molar-refractivity contribution in [3.63, 3.8) is 0 Å². The Morgan fingerprint density at radius 2 is 1.88 bits per heavy atom. The second-order valence-corrected chi connectivity index (χ2v) is 4.40. The third kappa shape index (κ3) is 4.40. The highest BCUT2D eigenvalue weighted by Crippen LogP contribution is 2.33. The first-order chi connectivity index (χ1) is 7.80. The summed E-state index contributed by atoms with van der Waals surface area (Å²) in [6.45, 7) is 0.410. The van der Waals surface area contributed by atoms with Crippen molar-refractivity contribution >= 4 is 17.7 Å². The molecule has 0 aromatic heterocycles. The minimum Gasteiger partial charge on any atom is -0.304 e. The second kappa shape index (κ2) is 5.56. The largest absolute Gasteiger partial charge is 0.416 e. The van der Waals surface area contributed by atoms with Crippen LogP contribution in [0.5, 0.6) is 0 Å². The van der Waals surface area contributed by atoms with Gasteiger partial charge in [-0.25, -0.2) is 0 Å². The molecule has 0 aliphatic carbocycles. The van der Waals surface area contributed by atoms with Crippen LogP contribution in [0.4, 0.5) is 13.2 Å². The number of halogens is 4. The summed E-state index contributed by atoms with van der Waals surface area (Å²) in [7, 11) is 3.60. The molecule has 1 aromatic rings. The lowest BCUT2D eigenvalue weighted by molar-refractivity contribution is -0.137. The number of hydrogen-bond acceptors (Lipinski definition) is 1. The summed E-state index contributed by atoms with van der Waals surface area (Å²) in [6.07, 6.45) is -3.01. The van der Waals surface area contributed by atoms with Crippen LogP contribution in [-0.2, 0) is 6.18 Å². The van der Waals surface area contributed by atoms with E-state index in [0.717, 1.165) is 6.07 Å². The maximum Gasteiger partial charge on any atom is 0.416 e. The molecule has 5 heteroatoms. The van der Waals surface area contributed by atoms with Crippen molar-refractivity contribution < 1.29 is 13.2 Å². The third-order valence-electron chi connectivity index (χ3n) is 2.05. The number of hydrogen-bond donors (Lipinski definition) is 0. The van der Waals surface area contributed by atoms with Gasteiger partial charge in [0.05, 0.1) is 5.56 Å². The molecule has 17 heavy (non-hydrogen) atoms. The van der Waals surface area contributed by atoms with Crippen LogP contribution in [0.15, 0.2) is 29.3 Å². The van der Waals surface area contributed by atoms with Crippen molar-refractivity contribution in [1.82, 2.24) is 4.90 Å².